The zero-order chi connectivity index (χ0) is 22.8. The van der Waals surface area contributed by atoms with Crippen molar-refractivity contribution < 1.29 is 14.3 Å². The highest BCUT2D eigenvalue weighted by Gasteiger charge is 2.18. The second kappa shape index (κ2) is 8.84. The van der Waals surface area contributed by atoms with E-state index >= 15 is 0 Å². The maximum absolute atomic E-state index is 12.6. The van der Waals surface area contributed by atoms with Gasteiger partial charge in [0.15, 0.2) is 6.61 Å². The molecule has 1 N–H and O–H groups in total. The van der Waals surface area contributed by atoms with Gasteiger partial charge in [-0.1, -0.05) is 36.4 Å². The second-order valence-electron chi connectivity index (χ2n) is 7.56. The van der Waals surface area contributed by atoms with Crippen LogP contribution in [0.5, 0.6) is 0 Å². The van der Waals surface area contributed by atoms with E-state index in [2.05, 4.69) is 15.4 Å². The van der Waals surface area contributed by atoms with E-state index in [1.54, 1.807) is 24.4 Å². The van der Waals surface area contributed by atoms with E-state index in [-0.39, 0.29) is 6.61 Å². The Kier molecular flexibility index (Phi) is 5.58. The molecule has 0 saturated heterocycles. The van der Waals surface area contributed by atoms with Crippen molar-refractivity contribution in [1.29, 1.82) is 0 Å². The lowest BCUT2D eigenvalue weighted by Crippen LogP contribution is -2.20. The van der Waals surface area contributed by atoms with Gasteiger partial charge in [-0.05, 0) is 42.8 Å². The number of pyridine rings is 1. The van der Waals surface area contributed by atoms with E-state index in [0.29, 0.717) is 17.1 Å². The average molecular weight is 457 g/mol. The van der Waals surface area contributed by atoms with Crippen LogP contribution >= 0.6 is 11.3 Å². The van der Waals surface area contributed by atoms with E-state index in [4.69, 9.17) is 4.74 Å². The number of hydrogen-bond donors (Lipinski definition) is 1. The Morgan fingerprint density at radius 1 is 1.03 bits per heavy atom. The predicted molar refractivity (Wildman–Crippen MR) is 129 cm³/mol. The molecule has 0 aliphatic carbocycles. The van der Waals surface area contributed by atoms with Gasteiger partial charge in [-0.25, -0.2) is 4.79 Å². The first kappa shape index (κ1) is 20.8. The molecule has 0 aliphatic rings. The van der Waals surface area contributed by atoms with Crippen molar-refractivity contribution in [1.82, 2.24) is 14.8 Å². The number of ether oxygens (including phenoxy) is 1. The van der Waals surface area contributed by atoms with Crippen LogP contribution in [0.2, 0.25) is 0 Å². The number of nitrogens with one attached hydrogen (secondary N) is 1. The summed E-state index contributed by atoms with van der Waals surface area (Å²) in [7, 11) is 0. The first-order valence-corrected chi connectivity index (χ1v) is 11.2. The van der Waals surface area contributed by atoms with Crippen LogP contribution in [0.3, 0.4) is 0 Å². The summed E-state index contributed by atoms with van der Waals surface area (Å²) in [6.07, 6.45) is 1.70. The topological polar surface area (TPSA) is 86.1 Å². The molecule has 0 fully saturated rings. The minimum absolute atomic E-state index is 0.376. The number of thiophene rings is 1. The van der Waals surface area contributed by atoms with Gasteiger partial charge >= 0.3 is 5.97 Å². The summed E-state index contributed by atoms with van der Waals surface area (Å²) in [5.74, 6) is -0.941. The number of hydrogen-bond acceptors (Lipinski definition) is 6. The molecule has 7 nitrogen and oxygen atoms in total. The third-order valence-electron chi connectivity index (χ3n) is 5.24. The van der Waals surface area contributed by atoms with Gasteiger partial charge in [0.2, 0.25) is 0 Å². The van der Waals surface area contributed by atoms with Gasteiger partial charge in [-0.15, -0.1) is 11.3 Å². The summed E-state index contributed by atoms with van der Waals surface area (Å²) >= 11 is 1.32. The number of carbonyl (C=O) groups is 2. The molecule has 3 heterocycles. The summed E-state index contributed by atoms with van der Waals surface area (Å²) in [5, 5.41) is 9.12. The summed E-state index contributed by atoms with van der Waals surface area (Å²) < 4.78 is 7.18. The van der Waals surface area contributed by atoms with Crippen molar-refractivity contribution in [2.45, 2.75) is 13.5 Å². The Labute approximate surface area is 193 Å². The third-order valence-corrected chi connectivity index (χ3v) is 6.37. The molecule has 1 amide bonds. The molecule has 0 spiro atoms. The highest BCUT2D eigenvalue weighted by atomic mass is 32.1. The quantitative estimate of drug-likeness (QED) is 0.371. The van der Waals surface area contributed by atoms with E-state index in [1.807, 2.05) is 60.1 Å². The fourth-order valence-electron chi connectivity index (χ4n) is 3.68. The van der Waals surface area contributed by atoms with Crippen molar-refractivity contribution in [2.75, 3.05) is 11.9 Å². The van der Waals surface area contributed by atoms with E-state index in [9.17, 15) is 9.59 Å². The van der Waals surface area contributed by atoms with Gasteiger partial charge in [0.05, 0.1) is 23.4 Å². The van der Waals surface area contributed by atoms with Crippen molar-refractivity contribution in [2.24, 2.45) is 0 Å². The first-order valence-electron chi connectivity index (χ1n) is 10.4. The summed E-state index contributed by atoms with van der Waals surface area (Å²) in [6, 6.07) is 21.0. The number of carbonyl (C=O) groups excluding carboxylic acids is 2. The van der Waals surface area contributed by atoms with Crippen LogP contribution in [-0.2, 0) is 16.1 Å². The van der Waals surface area contributed by atoms with Crippen LogP contribution in [0, 0.1) is 6.92 Å². The molecule has 0 atom stereocenters. The van der Waals surface area contributed by atoms with Gasteiger partial charge in [0.1, 0.15) is 9.71 Å². The standard InChI is InChI=1S/C25H20N4O3S/c1-16-19-13-22(33-24(19)29(28-16)14-17-7-3-2-4-8-17)25(31)32-15-23(30)27-21-11-5-10-20-18(21)9-6-12-26-20/h2-13H,14-15H2,1H3,(H,27,30). The number of fused-ring (bicyclic) bond motifs is 2. The fourth-order valence-corrected chi connectivity index (χ4v) is 4.73. The Bertz CT molecular complexity index is 1470. The number of aryl methyl sites for hydroxylation is 1. The predicted octanol–water partition coefficient (Wildman–Crippen LogP) is 4.80. The van der Waals surface area contributed by atoms with Gasteiger partial charge in [0, 0.05) is 17.0 Å². The van der Waals surface area contributed by atoms with Gasteiger partial charge in [-0.3, -0.25) is 14.5 Å². The van der Waals surface area contributed by atoms with E-state index in [1.165, 1.54) is 11.3 Å². The Hall–Kier alpha value is -4.04. The number of anilines is 1. The normalized spacial score (nSPS) is 11.1. The molecule has 164 valence electrons. The Balaban J connectivity index is 1.27. The smallest absolute Gasteiger partial charge is 0.348 e. The number of esters is 1. The molecule has 5 aromatic rings. The molecule has 0 radical (unpaired) electrons. The molecule has 0 aliphatic heterocycles. The highest BCUT2D eigenvalue weighted by Crippen LogP contribution is 2.29. The maximum Gasteiger partial charge on any atom is 0.348 e. The van der Waals surface area contributed by atoms with E-state index < -0.39 is 11.9 Å². The van der Waals surface area contributed by atoms with Gasteiger partial charge < -0.3 is 10.1 Å². The van der Waals surface area contributed by atoms with Crippen molar-refractivity contribution in [3.8, 4) is 0 Å². The van der Waals surface area contributed by atoms with Crippen LogP contribution in [0.4, 0.5) is 5.69 Å². The molecule has 33 heavy (non-hydrogen) atoms. The van der Waals surface area contributed by atoms with Crippen LogP contribution in [0.15, 0.2) is 72.9 Å². The largest absolute Gasteiger partial charge is 0.451 e. The molecular formula is C25H20N4O3S. The number of nitrogens with zero attached hydrogens (tertiary/aromatic N) is 3. The third kappa shape index (κ3) is 4.33. The molecule has 3 aromatic heterocycles. The summed E-state index contributed by atoms with van der Waals surface area (Å²) in [4.78, 5) is 30.7. The number of benzene rings is 2. The zero-order valence-corrected chi connectivity index (χ0v) is 18.6. The molecule has 0 saturated carbocycles. The lowest BCUT2D eigenvalue weighted by molar-refractivity contribution is -0.119. The van der Waals surface area contributed by atoms with Crippen molar-refractivity contribution in [3.05, 3.63) is 89.1 Å². The number of rotatable bonds is 6. The molecule has 8 heteroatoms. The first-order chi connectivity index (χ1) is 16.1. The Morgan fingerprint density at radius 3 is 2.73 bits per heavy atom. The highest BCUT2D eigenvalue weighted by molar-refractivity contribution is 7.20. The van der Waals surface area contributed by atoms with Gasteiger partial charge in [-0.2, -0.15) is 5.10 Å². The summed E-state index contributed by atoms with van der Waals surface area (Å²) in [5.41, 5.74) is 3.37. The minimum atomic E-state index is -0.531. The van der Waals surface area contributed by atoms with E-state index in [0.717, 1.165) is 32.4 Å². The van der Waals surface area contributed by atoms with Crippen LogP contribution in [0.25, 0.3) is 21.1 Å². The molecule has 0 unspecified atom stereocenters. The summed E-state index contributed by atoms with van der Waals surface area (Å²) in [6.45, 7) is 2.15. The lowest BCUT2D eigenvalue weighted by atomic mass is 10.2. The number of amides is 1. The van der Waals surface area contributed by atoms with Crippen LogP contribution in [0.1, 0.15) is 20.9 Å². The molecular weight excluding hydrogens is 436 g/mol. The monoisotopic (exact) mass is 456 g/mol. The SMILES string of the molecule is Cc1nn(Cc2ccccc2)c2sc(C(=O)OCC(=O)Nc3cccc4ncccc34)cc12. The maximum atomic E-state index is 12.6. The zero-order valence-electron chi connectivity index (χ0n) is 17.8. The van der Waals surface area contributed by atoms with Crippen LogP contribution in [-0.4, -0.2) is 33.2 Å². The molecule has 0 bridgehead atoms. The van der Waals surface area contributed by atoms with Crippen molar-refractivity contribution in [3.63, 3.8) is 0 Å². The van der Waals surface area contributed by atoms with Crippen LogP contribution < -0.4 is 5.32 Å². The van der Waals surface area contributed by atoms with Gasteiger partial charge in [0.25, 0.3) is 5.91 Å². The second-order valence-corrected chi connectivity index (χ2v) is 8.59. The fraction of sp³-hybridized carbons (Fsp3) is 0.120. The molecule has 2 aromatic carbocycles. The number of aromatic nitrogens is 3. The lowest BCUT2D eigenvalue weighted by Gasteiger charge is -2.08. The average Bonchev–Trinajstić information content (AvgIpc) is 3.40. The molecule has 5 rings (SSSR count). The van der Waals surface area contributed by atoms with Crippen molar-refractivity contribution >= 4 is 50.0 Å². The Morgan fingerprint density at radius 2 is 1.88 bits per heavy atom. The minimum Gasteiger partial charge on any atom is -0.451 e.